The Labute approximate surface area is 160 Å². The summed E-state index contributed by atoms with van der Waals surface area (Å²) >= 11 is 0. The highest BCUT2D eigenvalue weighted by Gasteiger charge is 2.45. The summed E-state index contributed by atoms with van der Waals surface area (Å²) in [6, 6.07) is 13.5. The smallest absolute Gasteiger partial charge is 0.253 e. The molecule has 1 N–H and O–H groups in total. The van der Waals surface area contributed by atoms with Crippen LogP contribution in [-0.4, -0.2) is 24.0 Å². The Morgan fingerprint density at radius 3 is 2.52 bits per heavy atom. The Bertz CT molecular complexity index is 857. The first-order valence-corrected chi connectivity index (χ1v) is 9.74. The summed E-state index contributed by atoms with van der Waals surface area (Å²) < 4.78 is 0. The van der Waals surface area contributed by atoms with Crippen LogP contribution in [0.3, 0.4) is 0 Å². The van der Waals surface area contributed by atoms with Crippen LogP contribution in [0.15, 0.2) is 42.6 Å². The first-order chi connectivity index (χ1) is 13.2. The molecule has 1 aromatic heterocycles. The third-order valence-electron chi connectivity index (χ3n) is 5.59. The Morgan fingerprint density at radius 1 is 1.11 bits per heavy atom. The molecule has 0 bridgehead atoms. The average Bonchev–Trinajstić information content (AvgIpc) is 3.53. The van der Waals surface area contributed by atoms with Crippen molar-refractivity contribution in [2.45, 2.75) is 44.1 Å². The van der Waals surface area contributed by atoms with E-state index in [0.717, 1.165) is 37.3 Å². The number of anilines is 1. The van der Waals surface area contributed by atoms with Gasteiger partial charge in [-0.1, -0.05) is 25.0 Å². The number of aromatic nitrogens is 1. The van der Waals surface area contributed by atoms with Crippen molar-refractivity contribution in [2.24, 2.45) is 0 Å². The molecule has 0 radical (unpaired) electrons. The number of pyridine rings is 1. The molecule has 2 aromatic rings. The second kappa shape index (κ2) is 7.40. The lowest BCUT2D eigenvalue weighted by atomic mass is 10.0. The summed E-state index contributed by atoms with van der Waals surface area (Å²) in [7, 11) is 0. The standard InChI is InChI=1S/C22H24N4O/c23-15-17-6-5-7-19(14-17)22(10-11-22)25-21(27)18-8-9-20(24-16-18)26-12-3-1-2-4-13-26/h5-9,14,16H,1-4,10-13H2,(H,25,27). The van der Waals surface area contributed by atoms with Crippen molar-refractivity contribution in [3.63, 3.8) is 0 Å². The Hall–Kier alpha value is -2.87. The fourth-order valence-electron chi connectivity index (χ4n) is 3.79. The van der Waals surface area contributed by atoms with Crippen LogP contribution in [0, 0.1) is 11.3 Å². The number of nitrogens with one attached hydrogen (secondary N) is 1. The highest BCUT2D eigenvalue weighted by Crippen LogP contribution is 2.45. The van der Waals surface area contributed by atoms with Crippen LogP contribution in [0.2, 0.25) is 0 Å². The van der Waals surface area contributed by atoms with Crippen LogP contribution in [0.25, 0.3) is 0 Å². The number of amides is 1. The van der Waals surface area contributed by atoms with Gasteiger partial charge in [-0.25, -0.2) is 4.98 Å². The molecule has 1 aromatic carbocycles. The van der Waals surface area contributed by atoms with E-state index in [1.165, 1.54) is 25.7 Å². The summed E-state index contributed by atoms with van der Waals surface area (Å²) in [5.74, 6) is 0.848. The van der Waals surface area contributed by atoms with Gasteiger partial charge in [0.15, 0.2) is 0 Å². The lowest BCUT2D eigenvalue weighted by Crippen LogP contribution is -2.35. The van der Waals surface area contributed by atoms with Gasteiger partial charge in [0.05, 0.1) is 22.7 Å². The van der Waals surface area contributed by atoms with E-state index in [1.807, 2.05) is 30.3 Å². The quantitative estimate of drug-likeness (QED) is 0.901. The Kier molecular flexibility index (Phi) is 4.81. The van der Waals surface area contributed by atoms with Crippen molar-refractivity contribution < 1.29 is 4.79 Å². The number of benzene rings is 1. The summed E-state index contributed by atoms with van der Waals surface area (Å²) in [4.78, 5) is 19.6. The maximum Gasteiger partial charge on any atom is 0.253 e. The van der Waals surface area contributed by atoms with Crippen LogP contribution in [0.1, 0.15) is 60.0 Å². The van der Waals surface area contributed by atoms with Gasteiger partial charge in [-0.2, -0.15) is 5.26 Å². The predicted octanol–water partition coefficient (Wildman–Crippen LogP) is 3.75. The van der Waals surface area contributed by atoms with E-state index in [9.17, 15) is 4.79 Å². The van der Waals surface area contributed by atoms with Crippen molar-refractivity contribution in [2.75, 3.05) is 18.0 Å². The molecule has 2 heterocycles. The average molecular weight is 360 g/mol. The second-order valence-corrected chi connectivity index (χ2v) is 7.54. The van der Waals surface area contributed by atoms with Gasteiger partial charge in [-0.15, -0.1) is 0 Å². The van der Waals surface area contributed by atoms with E-state index in [2.05, 4.69) is 21.3 Å². The third kappa shape index (κ3) is 3.80. The van der Waals surface area contributed by atoms with Crippen molar-refractivity contribution in [1.29, 1.82) is 5.26 Å². The predicted molar refractivity (Wildman–Crippen MR) is 104 cm³/mol. The van der Waals surface area contributed by atoms with E-state index in [-0.39, 0.29) is 11.4 Å². The highest BCUT2D eigenvalue weighted by molar-refractivity contribution is 5.95. The van der Waals surface area contributed by atoms with Gasteiger partial charge < -0.3 is 10.2 Å². The van der Waals surface area contributed by atoms with Crippen molar-refractivity contribution in [3.05, 3.63) is 59.3 Å². The molecule has 1 saturated carbocycles. The molecule has 2 fully saturated rings. The van der Waals surface area contributed by atoms with Crippen LogP contribution >= 0.6 is 0 Å². The van der Waals surface area contributed by atoms with Gasteiger partial charge in [0.2, 0.25) is 0 Å². The van der Waals surface area contributed by atoms with Gasteiger partial charge in [0, 0.05) is 19.3 Å². The fourth-order valence-corrected chi connectivity index (χ4v) is 3.79. The molecule has 5 nitrogen and oxygen atoms in total. The summed E-state index contributed by atoms with van der Waals surface area (Å²) in [6.07, 6.45) is 8.44. The van der Waals surface area contributed by atoms with Gasteiger partial charge in [0.25, 0.3) is 5.91 Å². The van der Waals surface area contributed by atoms with Crippen LogP contribution in [0.4, 0.5) is 5.82 Å². The maximum atomic E-state index is 12.7. The number of rotatable bonds is 4. The normalized spacial score (nSPS) is 18.3. The SMILES string of the molecule is N#Cc1cccc(C2(NC(=O)c3ccc(N4CCCCCC4)nc3)CC2)c1. The summed E-state index contributed by atoms with van der Waals surface area (Å²) in [5.41, 5.74) is 1.87. The van der Waals surface area contributed by atoms with Crippen molar-refractivity contribution in [3.8, 4) is 6.07 Å². The largest absolute Gasteiger partial charge is 0.357 e. The number of carbonyl (C=O) groups excluding carboxylic acids is 1. The van der Waals surface area contributed by atoms with E-state index in [1.54, 1.807) is 12.3 Å². The molecule has 138 valence electrons. The number of nitrogens with zero attached hydrogens (tertiary/aromatic N) is 3. The molecule has 5 heteroatoms. The molecule has 1 aliphatic heterocycles. The van der Waals surface area contributed by atoms with Crippen LogP contribution < -0.4 is 10.2 Å². The first kappa shape index (κ1) is 17.5. The minimum absolute atomic E-state index is 0.107. The summed E-state index contributed by atoms with van der Waals surface area (Å²) in [6.45, 7) is 2.08. The lowest BCUT2D eigenvalue weighted by molar-refractivity contribution is 0.0930. The zero-order valence-electron chi connectivity index (χ0n) is 15.4. The van der Waals surface area contributed by atoms with Crippen molar-refractivity contribution >= 4 is 11.7 Å². The number of carbonyl (C=O) groups is 1. The zero-order valence-corrected chi connectivity index (χ0v) is 15.4. The van der Waals surface area contributed by atoms with E-state index in [4.69, 9.17) is 5.26 Å². The number of nitriles is 1. The monoisotopic (exact) mass is 360 g/mol. The minimum atomic E-state index is -0.340. The molecule has 0 spiro atoms. The maximum absolute atomic E-state index is 12.7. The van der Waals surface area contributed by atoms with Crippen LogP contribution in [0.5, 0.6) is 0 Å². The fraction of sp³-hybridized carbons (Fsp3) is 0.409. The zero-order chi connectivity index (χ0) is 18.7. The number of hydrogen-bond donors (Lipinski definition) is 1. The highest BCUT2D eigenvalue weighted by atomic mass is 16.1. The first-order valence-electron chi connectivity index (χ1n) is 9.74. The van der Waals surface area contributed by atoms with Crippen molar-refractivity contribution in [1.82, 2.24) is 10.3 Å². The Balaban J connectivity index is 1.46. The Morgan fingerprint density at radius 2 is 1.89 bits per heavy atom. The van der Waals surface area contributed by atoms with Crippen LogP contribution in [-0.2, 0) is 5.54 Å². The topological polar surface area (TPSA) is 69.0 Å². The molecule has 0 unspecified atom stereocenters. The lowest BCUT2D eigenvalue weighted by Gasteiger charge is -2.22. The molecule has 2 aliphatic rings. The molecule has 1 aliphatic carbocycles. The van der Waals surface area contributed by atoms with E-state index >= 15 is 0 Å². The molecule has 4 rings (SSSR count). The summed E-state index contributed by atoms with van der Waals surface area (Å²) in [5, 5.41) is 12.3. The molecule has 27 heavy (non-hydrogen) atoms. The van der Waals surface area contributed by atoms with Gasteiger partial charge in [0.1, 0.15) is 5.82 Å². The molecule has 1 saturated heterocycles. The third-order valence-corrected chi connectivity index (χ3v) is 5.59. The van der Waals surface area contributed by atoms with Gasteiger partial charge >= 0.3 is 0 Å². The van der Waals surface area contributed by atoms with Gasteiger partial charge in [-0.05, 0) is 55.5 Å². The minimum Gasteiger partial charge on any atom is -0.357 e. The molecule has 0 atom stereocenters. The second-order valence-electron chi connectivity index (χ2n) is 7.54. The van der Waals surface area contributed by atoms with E-state index < -0.39 is 0 Å². The van der Waals surface area contributed by atoms with E-state index in [0.29, 0.717) is 11.1 Å². The van der Waals surface area contributed by atoms with Gasteiger partial charge in [-0.3, -0.25) is 4.79 Å². The number of hydrogen-bond acceptors (Lipinski definition) is 4. The molecular formula is C22H24N4O. The molecular weight excluding hydrogens is 336 g/mol. The molecule has 1 amide bonds.